The summed E-state index contributed by atoms with van der Waals surface area (Å²) in [5.74, 6) is 2.01. The summed E-state index contributed by atoms with van der Waals surface area (Å²) in [6.45, 7) is 0. The van der Waals surface area contributed by atoms with E-state index in [2.05, 4.69) is 18.2 Å². The Kier molecular flexibility index (Phi) is 1.97. The molecule has 3 aromatic rings. The summed E-state index contributed by atoms with van der Waals surface area (Å²) in [6.07, 6.45) is 7.80. The van der Waals surface area contributed by atoms with Crippen LogP contribution in [-0.4, -0.2) is 0 Å². The standard InChI is InChI=1S/C16H12O2/c1-2-5-12-11(4-1)10-18-16(12)14-6-3-7-15-13(14)8-9-17-15/h1-2,4-6,8-10H,3,7H2. The lowest BCUT2D eigenvalue weighted by Crippen LogP contribution is -1.96. The fourth-order valence-electron chi connectivity index (χ4n) is 2.65. The molecule has 1 aliphatic carbocycles. The minimum absolute atomic E-state index is 0.952. The monoisotopic (exact) mass is 236 g/mol. The largest absolute Gasteiger partial charge is 0.469 e. The second-order valence-corrected chi connectivity index (χ2v) is 4.57. The topological polar surface area (TPSA) is 26.3 Å². The zero-order chi connectivity index (χ0) is 11.9. The van der Waals surface area contributed by atoms with E-state index in [1.807, 2.05) is 24.5 Å². The first-order valence-electron chi connectivity index (χ1n) is 6.17. The SMILES string of the molecule is C1=C(c2occ3ccccc23)c2ccoc2CC1. The van der Waals surface area contributed by atoms with E-state index in [0.29, 0.717) is 0 Å². The van der Waals surface area contributed by atoms with Crippen molar-refractivity contribution >= 4 is 16.3 Å². The van der Waals surface area contributed by atoms with Crippen LogP contribution in [-0.2, 0) is 6.42 Å². The van der Waals surface area contributed by atoms with E-state index in [9.17, 15) is 0 Å². The Morgan fingerprint density at radius 2 is 1.94 bits per heavy atom. The van der Waals surface area contributed by atoms with Crippen molar-refractivity contribution in [3.05, 3.63) is 66.0 Å². The normalized spacial score (nSPS) is 14.6. The van der Waals surface area contributed by atoms with Crippen LogP contribution in [0.1, 0.15) is 23.5 Å². The zero-order valence-electron chi connectivity index (χ0n) is 9.85. The second-order valence-electron chi connectivity index (χ2n) is 4.57. The molecule has 18 heavy (non-hydrogen) atoms. The highest BCUT2D eigenvalue weighted by Crippen LogP contribution is 2.36. The number of benzene rings is 1. The van der Waals surface area contributed by atoms with Gasteiger partial charge in [-0.25, -0.2) is 0 Å². The molecule has 2 heteroatoms. The molecule has 2 nitrogen and oxygen atoms in total. The van der Waals surface area contributed by atoms with E-state index >= 15 is 0 Å². The van der Waals surface area contributed by atoms with Crippen molar-refractivity contribution in [3.63, 3.8) is 0 Å². The van der Waals surface area contributed by atoms with Crippen molar-refractivity contribution in [2.24, 2.45) is 0 Å². The predicted octanol–water partition coefficient (Wildman–Crippen LogP) is 4.40. The van der Waals surface area contributed by atoms with Crippen LogP contribution in [0.5, 0.6) is 0 Å². The third-order valence-corrected chi connectivity index (χ3v) is 3.51. The molecule has 0 unspecified atom stereocenters. The Labute approximate surface area is 105 Å². The van der Waals surface area contributed by atoms with Gasteiger partial charge < -0.3 is 8.83 Å². The number of fused-ring (bicyclic) bond motifs is 2. The van der Waals surface area contributed by atoms with Gasteiger partial charge in [0, 0.05) is 28.3 Å². The van der Waals surface area contributed by atoms with Crippen LogP contribution < -0.4 is 0 Å². The maximum atomic E-state index is 5.77. The smallest absolute Gasteiger partial charge is 0.142 e. The summed E-state index contributed by atoms with van der Waals surface area (Å²) < 4.78 is 11.3. The number of rotatable bonds is 1. The molecule has 1 aliphatic rings. The highest BCUT2D eigenvalue weighted by Gasteiger charge is 2.20. The lowest BCUT2D eigenvalue weighted by molar-refractivity contribution is 0.505. The summed E-state index contributed by atoms with van der Waals surface area (Å²) in [6, 6.07) is 10.3. The van der Waals surface area contributed by atoms with Crippen LogP contribution in [0.2, 0.25) is 0 Å². The molecular formula is C16H12O2. The van der Waals surface area contributed by atoms with E-state index in [4.69, 9.17) is 8.83 Å². The molecule has 0 atom stereocenters. The lowest BCUT2D eigenvalue weighted by atomic mass is 9.94. The summed E-state index contributed by atoms with van der Waals surface area (Å²) in [4.78, 5) is 0. The van der Waals surface area contributed by atoms with Crippen LogP contribution >= 0.6 is 0 Å². The Morgan fingerprint density at radius 1 is 1.00 bits per heavy atom. The van der Waals surface area contributed by atoms with Gasteiger partial charge in [-0.3, -0.25) is 0 Å². The number of hydrogen-bond acceptors (Lipinski definition) is 2. The molecule has 88 valence electrons. The molecule has 0 amide bonds. The van der Waals surface area contributed by atoms with Gasteiger partial charge in [0.25, 0.3) is 0 Å². The molecule has 0 fully saturated rings. The summed E-state index contributed by atoms with van der Waals surface area (Å²) in [7, 11) is 0. The van der Waals surface area contributed by atoms with E-state index in [1.165, 1.54) is 5.56 Å². The number of furan rings is 2. The fraction of sp³-hybridized carbons (Fsp3) is 0.125. The van der Waals surface area contributed by atoms with E-state index < -0.39 is 0 Å². The number of allylic oxidation sites excluding steroid dienone is 1. The number of aryl methyl sites for hydroxylation is 1. The quantitative estimate of drug-likeness (QED) is 0.625. The molecule has 0 bridgehead atoms. The van der Waals surface area contributed by atoms with Gasteiger partial charge in [0.05, 0.1) is 12.5 Å². The van der Waals surface area contributed by atoms with Crippen LogP contribution in [0.4, 0.5) is 0 Å². The van der Waals surface area contributed by atoms with Gasteiger partial charge in [-0.1, -0.05) is 30.3 Å². The fourth-order valence-corrected chi connectivity index (χ4v) is 2.65. The molecule has 0 radical (unpaired) electrons. The minimum Gasteiger partial charge on any atom is -0.469 e. The first-order valence-corrected chi connectivity index (χ1v) is 6.17. The van der Waals surface area contributed by atoms with Gasteiger partial charge in [0.15, 0.2) is 0 Å². The molecule has 0 saturated carbocycles. The Balaban J connectivity index is 1.96. The molecule has 0 saturated heterocycles. The summed E-state index contributed by atoms with van der Waals surface area (Å²) >= 11 is 0. The highest BCUT2D eigenvalue weighted by atomic mass is 16.3. The zero-order valence-corrected chi connectivity index (χ0v) is 9.85. The third kappa shape index (κ3) is 1.29. The summed E-state index contributed by atoms with van der Waals surface area (Å²) in [5, 5.41) is 2.31. The van der Waals surface area contributed by atoms with Crippen molar-refractivity contribution in [2.75, 3.05) is 0 Å². The third-order valence-electron chi connectivity index (χ3n) is 3.51. The number of hydrogen-bond donors (Lipinski definition) is 0. The van der Waals surface area contributed by atoms with E-state index in [0.717, 1.165) is 40.7 Å². The van der Waals surface area contributed by atoms with Crippen molar-refractivity contribution in [1.82, 2.24) is 0 Å². The first kappa shape index (κ1) is 9.77. The maximum absolute atomic E-state index is 5.77. The molecule has 0 aliphatic heterocycles. The predicted molar refractivity (Wildman–Crippen MR) is 70.3 cm³/mol. The van der Waals surface area contributed by atoms with Crippen LogP contribution in [0.3, 0.4) is 0 Å². The Morgan fingerprint density at radius 3 is 2.94 bits per heavy atom. The Bertz CT molecular complexity index is 743. The van der Waals surface area contributed by atoms with Gasteiger partial charge in [0.2, 0.25) is 0 Å². The molecule has 2 aromatic heterocycles. The van der Waals surface area contributed by atoms with Crippen molar-refractivity contribution in [3.8, 4) is 0 Å². The second kappa shape index (κ2) is 3.64. The van der Waals surface area contributed by atoms with E-state index in [1.54, 1.807) is 6.26 Å². The van der Waals surface area contributed by atoms with Gasteiger partial charge in [-0.15, -0.1) is 0 Å². The van der Waals surface area contributed by atoms with Gasteiger partial charge in [0.1, 0.15) is 11.5 Å². The average molecular weight is 236 g/mol. The van der Waals surface area contributed by atoms with Gasteiger partial charge >= 0.3 is 0 Å². The van der Waals surface area contributed by atoms with Crippen LogP contribution in [0, 0.1) is 0 Å². The van der Waals surface area contributed by atoms with Crippen LogP contribution in [0.25, 0.3) is 16.3 Å². The highest BCUT2D eigenvalue weighted by molar-refractivity contribution is 5.96. The summed E-state index contributed by atoms with van der Waals surface area (Å²) in [5.41, 5.74) is 2.33. The van der Waals surface area contributed by atoms with Gasteiger partial charge in [-0.2, -0.15) is 0 Å². The Hall–Kier alpha value is -2.22. The first-order chi connectivity index (χ1) is 8.93. The molecule has 2 heterocycles. The van der Waals surface area contributed by atoms with Crippen molar-refractivity contribution < 1.29 is 8.83 Å². The molecular weight excluding hydrogens is 224 g/mol. The average Bonchev–Trinajstić information content (AvgIpc) is 3.05. The minimum atomic E-state index is 0.952. The molecule has 0 spiro atoms. The molecule has 4 rings (SSSR count). The van der Waals surface area contributed by atoms with Crippen molar-refractivity contribution in [2.45, 2.75) is 12.8 Å². The molecule has 1 aromatic carbocycles. The van der Waals surface area contributed by atoms with Crippen molar-refractivity contribution in [1.29, 1.82) is 0 Å². The molecule has 0 N–H and O–H groups in total. The van der Waals surface area contributed by atoms with Crippen LogP contribution in [0.15, 0.2) is 57.8 Å². The van der Waals surface area contributed by atoms with Gasteiger partial charge in [-0.05, 0) is 12.5 Å². The van der Waals surface area contributed by atoms with E-state index in [-0.39, 0.29) is 0 Å². The lowest BCUT2D eigenvalue weighted by Gasteiger charge is -2.10. The maximum Gasteiger partial charge on any atom is 0.142 e.